The summed E-state index contributed by atoms with van der Waals surface area (Å²) in [6.07, 6.45) is -4.97. The molecule has 2 amide bonds. The second-order valence-electron chi connectivity index (χ2n) is 6.07. The quantitative estimate of drug-likeness (QED) is 0.735. The average molecular weight is 326 g/mol. The van der Waals surface area contributed by atoms with E-state index in [1.54, 1.807) is 0 Å². The number of nitrogens with one attached hydrogen (secondary N) is 1. The van der Waals surface area contributed by atoms with Gasteiger partial charge in [0.05, 0.1) is 0 Å². The van der Waals surface area contributed by atoms with Crippen molar-refractivity contribution in [2.45, 2.75) is 44.9 Å². The lowest BCUT2D eigenvalue weighted by Gasteiger charge is -2.39. The first-order valence-electron chi connectivity index (χ1n) is 7.55. The fourth-order valence-corrected chi connectivity index (χ4v) is 2.16. The molecule has 5 nitrogen and oxygen atoms in total. The third kappa shape index (κ3) is 5.64. The van der Waals surface area contributed by atoms with Gasteiger partial charge in [0.2, 0.25) is 0 Å². The smallest absolute Gasteiger partial charge is 0.381 e. The molecule has 1 fully saturated rings. The molecule has 0 bridgehead atoms. The number of ether oxygens (including phenoxy) is 1. The molecule has 0 aromatic heterocycles. The van der Waals surface area contributed by atoms with Crippen LogP contribution in [0.2, 0.25) is 0 Å². The molecule has 1 heterocycles. The molecule has 0 spiro atoms. The van der Waals surface area contributed by atoms with E-state index in [4.69, 9.17) is 4.74 Å². The predicted octanol–water partition coefficient (Wildman–Crippen LogP) is 2.15. The number of piperidine rings is 1. The molecule has 1 aliphatic rings. The van der Waals surface area contributed by atoms with E-state index >= 15 is 0 Å². The first-order valence-corrected chi connectivity index (χ1v) is 7.55. The molecule has 1 rings (SSSR count). The minimum atomic E-state index is -4.65. The highest BCUT2D eigenvalue weighted by molar-refractivity contribution is 5.74. The third-order valence-corrected chi connectivity index (χ3v) is 3.60. The number of alkyl halides is 3. The van der Waals surface area contributed by atoms with E-state index in [0.29, 0.717) is 32.1 Å². The molecule has 130 valence electrons. The van der Waals surface area contributed by atoms with Gasteiger partial charge in [-0.15, -0.1) is 0 Å². The second-order valence-corrected chi connectivity index (χ2v) is 6.07. The zero-order chi connectivity index (χ0) is 16.8. The van der Waals surface area contributed by atoms with Crippen LogP contribution in [-0.2, 0) is 4.74 Å². The number of urea groups is 1. The number of halogens is 3. The van der Waals surface area contributed by atoms with Crippen molar-refractivity contribution < 1.29 is 27.8 Å². The number of carbonyl (C=O) groups excluding carboxylic acids is 1. The minimum Gasteiger partial charge on any atom is -0.381 e. The molecule has 0 aromatic rings. The fourth-order valence-electron chi connectivity index (χ4n) is 2.16. The summed E-state index contributed by atoms with van der Waals surface area (Å²) >= 11 is 0. The molecular weight excluding hydrogens is 301 g/mol. The number of hydrogen-bond donors (Lipinski definition) is 2. The van der Waals surface area contributed by atoms with Crippen LogP contribution in [0, 0.1) is 5.92 Å². The van der Waals surface area contributed by atoms with Crippen molar-refractivity contribution in [3.63, 3.8) is 0 Å². The summed E-state index contributed by atoms with van der Waals surface area (Å²) in [6.45, 7) is 5.48. The van der Waals surface area contributed by atoms with E-state index in [2.05, 4.69) is 5.32 Å². The molecule has 1 aliphatic heterocycles. The van der Waals surface area contributed by atoms with Gasteiger partial charge in [0, 0.05) is 45.7 Å². The number of nitrogens with zero attached hydrogens (tertiary/aromatic N) is 1. The highest BCUT2D eigenvalue weighted by Gasteiger charge is 2.54. The van der Waals surface area contributed by atoms with Crippen LogP contribution in [0.25, 0.3) is 0 Å². The SMILES string of the molecule is CC(C)COCCCNC(=O)N1CCC(O)(C(F)(F)F)CC1. The van der Waals surface area contributed by atoms with Crippen LogP contribution in [0.15, 0.2) is 0 Å². The Kier molecular flexibility index (Phi) is 6.93. The van der Waals surface area contributed by atoms with Gasteiger partial charge in [-0.1, -0.05) is 13.8 Å². The van der Waals surface area contributed by atoms with Crippen LogP contribution in [0.1, 0.15) is 33.1 Å². The van der Waals surface area contributed by atoms with E-state index in [-0.39, 0.29) is 13.1 Å². The Morgan fingerprint density at radius 1 is 1.36 bits per heavy atom. The molecule has 8 heteroatoms. The van der Waals surface area contributed by atoms with Gasteiger partial charge in [0.1, 0.15) is 0 Å². The van der Waals surface area contributed by atoms with E-state index in [0.717, 1.165) is 0 Å². The van der Waals surface area contributed by atoms with Crippen molar-refractivity contribution in [3.05, 3.63) is 0 Å². The third-order valence-electron chi connectivity index (χ3n) is 3.60. The lowest BCUT2D eigenvalue weighted by Crippen LogP contribution is -2.55. The van der Waals surface area contributed by atoms with Crippen molar-refractivity contribution in [3.8, 4) is 0 Å². The largest absolute Gasteiger partial charge is 0.417 e. The van der Waals surface area contributed by atoms with Crippen LogP contribution in [0.5, 0.6) is 0 Å². The summed E-state index contributed by atoms with van der Waals surface area (Å²) in [7, 11) is 0. The van der Waals surface area contributed by atoms with Crippen molar-refractivity contribution in [2.75, 3.05) is 32.8 Å². The van der Waals surface area contributed by atoms with Gasteiger partial charge in [-0.3, -0.25) is 0 Å². The Bertz CT molecular complexity index is 354. The monoisotopic (exact) mass is 326 g/mol. The maximum Gasteiger partial charge on any atom is 0.417 e. The summed E-state index contributed by atoms with van der Waals surface area (Å²) in [5.74, 6) is 0.454. The predicted molar refractivity (Wildman–Crippen MR) is 75.5 cm³/mol. The van der Waals surface area contributed by atoms with Crippen molar-refractivity contribution in [1.29, 1.82) is 0 Å². The van der Waals surface area contributed by atoms with Gasteiger partial charge in [0.25, 0.3) is 0 Å². The molecule has 0 atom stereocenters. The minimum absolute atomic E-state index is 0.105. The standard InChI is InChI=1S/C14H25F3N2O3/c1-11(2)10-22-9-3-6-18-12(20)19-7-4-13(21,5-8-19)14(15,16)17/h11,21H,3-10H2,1-2H3,(H,18,20). The molecule has 0 aliphatic carbocycles. The van der Waals surface area contributed by atoms with Gasteiger partial charge in [-0.2, -0.15) is 13.2 Å². The number of rotatable bonds is 6. The van der Waals surface area contributed by atoms with E-state index in [1.165, 1.54) is 4.90 Å². The highest BCUT2D eigenvalue weighted by atomic mass is 19.4. The molecule has 0 aromatic carbocycles. The van der Waals surface area contributed by atoms with Crippen LogP contribution in [0.4, 0.5) is 18.0 Å². The number of aliphatic hydroxyl groups is 1. The first kappa shape index (κ1) is 19.0. The Labute approximate surface area is 128 Å². The van der Waals surface area contributed by atoms with Gasteiger partial charge in [-0.25, -0.2) is 4.79 Å². The highest BCUT2D eigenvalue weighted by Crippen LogP contribution is 2.38. The fraction of sp³-hybridized carbons (Fsp3) is 0.929. The first-order chi connectivity index (χ1) is 10.2. The molecule has 0 unspecified atom stereocenters. The molecule has 0 saturated carbocycles. The van der Waals surface area contributed by atoms with Crippen molar-refractivity contribution in [1.82, 2.24) is 10.2 Å². The molecule has 22 heavy (non-hydrogen) atoms. The van der Waals surface area contributed by atoms with E-state index in [9.17, 15) is 23.1 Å². The lowest BCUT2D eigenvalue weighted by atomic mass is 9.91. The maximum atomic E-state index is 12.6. The van der Waals surface area contributed by atoms with Gasteiger partial charge >= 0.3 is 12.2 Å². The van der Waals surface area contributed by atoms with Crippen LogP contribution in [0.3, 0.4) is 0 Å². The second kappa shape index (κ2) is 8.01. The number of amides is 2. The Morgan fingerprint density at radius 2 is 1.95 bits per heavy atom. The lowest BCUT2D eigenvalue weighted by molar-refractivity contribution is -0.271. The Hall–Kier alpha value is -1.02. The average Bonchev–Trinajstić information content (AvgIpc) is 2.41. The van der Waals surface area contributed by atoms with Gasteiger partial charge < -0.3 is 20.1 Å². The summed E-state index contributed by atoms with van der Waals surface area (Å²) < 4.78 is 43.3. The van der Waals surface area contributed by atoms with E-state index in [1.807, 2.05) is 13.8 Å². The molecule has 0 radical (unpaired) electrons. The zero-order valence-corrected chi connectivity index (χ0v) is 13.1. The van der Waals surface area contributed by atoms with Crippen LogP contribution >= 0.6 is 0 Å². The van der Waals surface area contributed by atoms with Gasteiger partial charge in [-0.05, 0) is 12.3 Å². The molecule has 2 N–H and O–H groups in total. The maximum absolute atomic E-state index is 12.6. The molecular formula is C14H25F3N2O3. The topological polar surface area (TPSA) is 61.8 Å². The Balaban J connectivity index is 2.21. The van der Waals surface area contributed by atoms with Crippen molar-refractivity contribution >= 4 is 6.03 Å². The number of likely N-dealkylation sites (tertiary alicyclic amines) is 1. The van der Waals surface area contributed by atoms with Crippen molar-refractivity contribution in [2.24, 2.45) is 5.92 Å². The number of hydrogen-bond acceptors (Lipinski definition) is 3. The van der Waals surface area contributed by atoms with Crippen LogP contribution < -0.4 is 5.32 Å². The molecule has 1 saturated heterocycles. The van der Waals surface area contributed by atoms with E-state index < -0.39 is 30.7 Å². The van der Waals surface area contributed by atoms with Gasteiger partial charge in [0.15, 0.2) is 5.60 Å². The number of carbonyl (C=O) groups is 1. The van der Waals surface area contributed by atoms with Crippen LogP contribution in [-0.4, -0.2) is 60.7 Å². The summed E-state index contributed by atoms with van der Waals surface area (Å²) in [5, 5.41) is 12.2. The normalized spacial score (nSPS) is 18.6. The zero-order valence-electron chi connectivity index (χ0n) is 13.1. The Morgan fingerprint density at radius 3 is 2.45 bits per heavy atom. The summed E-state index contributed by atoms with van der Waals surface area (Å²) in [6, 6.07) is -0.395. The summed E-state index contributed by atoms with van der Waals surface area (Å²) in [5.41, 5.74) is -2.67. The summed E-state index contributed by atoms with van der Waals surface area (Å²) in [4.78, 5) is 13.1.